The fraction of sp³-hybridized carbons (Fsp3) is 0.611. The molecule has 21 heavy (non-hydrogen) atoms. The largest absolute Gasteiger partial charge is 0.335 e. The first-order valence-corrected chi connectivity index (χ1v) is 8.25. The van der Waals surface area contributed by atoms with Gasteiger partial charge in [0.05, 0.1) is 0 Å². The lowest BCUT2D eigenvalue weighted by molar-refractivity contribution is -0.137. The third-order valence-corrected chi connectivity index (χ3v) is 4.99. The van der Waals surface area contributed by atoms with Gasteiger partial charge in [0, 0.05) is 18.5 Å². The Morgan fingerprint density at radius 3 is 2.76 bits per heavy atom. The highest BCUT2D eigenvalue weighted by molar-refractivity contribution is 5.80. The molecule has 3 heteroatoms. The van der Waals surface area contributed by atoms with E-state index in [1.54, 1.807) is 0 Å². The van der Waals surface area contributed by atoms with Crippen LogP contribution in [0.4, 0.5) is 0 Å². The standard InChI is InChI=1S/C18H26N2O/c1-13-4-2-5-14(10-13)12-20(16-8-9-16)18(21)17-7-3-6-15(17)11-19/h2,4-5,10,15-17H,3,6-9,11-12,19H2,1H3. The molecule has 2 aliphatic rings. The van der Waals surface area contributed by atoms with Gasteiger partial charge in [0.25, 0.3) is 0 Å². The maximum absolute atomic E-state index is 13.0. The van der Waals surface area contributed by atoms with Gasteiger partial charge in [-0.25, -0.2) is 0 Å². The highest BCUT2D eigenvalue weighted by Crippen LogP contribution is 2.36. The molecule has 2 aliphatic carbocycles. The summed E-state index contributed by atoms with van der Waals surface area (Å²) < 4.78 is 0. The summed E-state index contributed by atoms with van der Waals surface area (Å²) in [6.45, 7) is 3.52. The fourth-order valence-corrected chi connectivity index (χ4v) is 3.64. The van der Waals surface area contributed by atoms with Crippen molar-refractivity contribution in [1.82, 2.24) is 4.90 Å². The van der Waals surface area contributed by atoms with E-state index < -0.39 is 0 Å². The van der Waals surface area contributed by atoms with Crippen LogP contribution in [-0.2, 0) is 11.3 Å². The minimum absolute atomic E-state index is 0.167. The summed E-state index contributed by atoms with van der Waals surface area (Å²) in [6.07, 6.45) is 5.63. The van der Waals surface area contributed by atoms with Crippen LogP contribution in [0.25, 0.3) is 0 Å². The van der Waals surface area contributed by atoms with Crippen molar-refractivity contribution in [3.05, 3.63) is 35.4 Å². The van der Waals surface area contributed by atoms with Crippen molar-refractivity contribution in [2.75, 3.05) is 6.54 Å². The average molecular weight is 286 g/mol. The molecule has 2 fully saturated rings. The van der Waals surface area contributed by atoms with Crippen LogP contribution >= 0.6 is 0 Å². The van der Waals surface area contributed by atoms with Crippen molar-refractivity contribution in [2.24, 2.45) is 17.6 Å². The lowest BCUT2D eigenvalue weighted by Crippen LogP contribution is -2.40. The van der Waals surface area contributed by atoms with Crippen LogP contribution in [0.3, 0.4) is 0 Å². The number of nitrogens with zero attached hydrogens (tertiary/aromatic N) is 1. The van der Waals surface area contributed by atoms with E-state index in [9.17, 15) is 4.79 Å². The molecule has 0 radical (unpaired) electrons. The van der Waals surface area contributed by atoms with Gasteiger partial charge in [-0.05, 0) is 50.6 Å². The second-order valence-electron chi connectivity index (χ2n) is 6.72. The number of carbonyl (C=O) groups excluding carboxylic acids is 1. The summed E-state index contributed by atoms with van der Waals surface area (Å²) in [5.41, 5.74) is 8.36. The summed E-state index contributed by atoms with van der Waals surface area (Å²) in [7, 11) is 0. The molecule has 0 saturated heterocycles. The SMILES string of the molecule is Cc1cccc(CN(C(=O)C2CCCC2CN)C2CC2)c1. The molecule has 0 spiro atoms. The van der Waals surface area contributed by atoms with E-state index >= 15 is 0 Å². The van der Waals surface area contributed by atoms with Crippen molar-refractivity contribution in [3.8, 4) is 0 Å². The minimum Gasteiger partial charge on any atom is -0.335 e. The van der Waals surface area contributed by atoms with Crippen molar-refractivity contribution in [2.45, 2.75) is 51.6 Å². The monoisotopic (exact) mass is 286 g/mol. The van der Waals surface area contributed by atoms with Gasteiger partial charge in [0.1, 0.15) is 0 Å². The molecular formula is C18H26N2O. The lowest BCUT2D eigenvalue weighted by Gasteiger charge is -2.28. The zero-order chi connectivity index (χ0) is 14.8. The summed E-state index contributed by atoms with van der Waals surface area (Å²) in [4.78, 5) is 15.1. The number of carbonyl (C=O) groups is 1. The molecule has 0 aromatic heterocycles. The molecule has 0 bridgehead atoms. The van der Waals surface area contributed by atoms with Gasteiger partial charge < -0.3 is 10.6 Å². The van der Waals surface area contributed by atoms with Crippen molar-refractivity contribution < 1.29 is 4.79 Å². The lowest BCUT2D eigenvalue weighted by atomic mass is 9.94. The van der Waals surface area contributed by atoms with Crippen LogP contribution in [0.1, 0.15) is 43.2 Å². The van der Waals surface area contributed by atoms with Crippen molar-refractivity contribution >= 4 is 5.91 Å². The van der Waals surface area contributed by atoms with Gasteiger partial charge in [0.15, 0.2) is 0 Å². The average Bonchev–Trinajstić information content (AvgIpc) is 3.20. The molecule has 0 heterocycles. The Morgan fingerprint density at radius 2 is 2.10 bits per heavy atom. The molecule has 114 valence electrons. The van der Waals surface area contributed by atoms with E-state index in [0.29, 0.717) is 24.4 Å². The van der Waals surface area contributed by atoms with Crippen LogP contribution in [0.15, 0.2) is 24.3 Å². The third-order valence-electron chi connectivity index (χ3n) is 4.99. The Balaban J connectivity index is 1.74. The Bertz CT molecular complexity index is 510. The summed E-state index contributed by atoms with van der Waals surface area (Å²) >= 11 is 0. The predicted octanol–water partition coefficient (Wildman–Crippen LogP) is 2.86. The Hall–Kier alpha value is -1.35. The number of aryl methyl sites for hydroxylation is 1. The first kappa shape index (κ1) is 14.6. The Labute approximate surface area is 127 Å². The molecule has 0 aliphatic heterocycles. The third kappa shape index (κ3) is 3.29. The van der Waals surface area contributed by atoms with Gasteiger partial charge in [-0.3, -0.25) is 4.79 Å². The molecule has 1 amide bonds. The van der Waals surface area contributed by atoms with Gasteiger partial charge >= 0.3 is 0 Å². The maximum atomic E-state index is 13.0. The highest BCUT2D eigenvalue weighted by Gasteiger charge is 2.40. The van der Waals surface area contributed by atoms with Crippen LogP contribution in [0.2, 0.25) is 0 Å². The van der Waals surface area contributed by atoms with Crippen LogP contribution in [0.5, 0.6) is 0 Å². The molecule has 1 aromatic rings. The van der Waals surface area contributed by atoms with E-state index in [1.165, 1.54) is 11.1 Å². The Kier molecular flexibility index (Phi) is 4.29. The first-order valence-electron chi connectivity index (χ1n) is 8.25. The fourth-order valence-electron chi connectivity index (χ4n) is 3.64. The number of hydrogen-bond donors (Lipinski definition) is 1. The van der Waals surface area contributed by atoms with Crippen molar-refractivity contribution in [1.29, 1.82) is 0 Å². The van der Waals surface area contributed by atoms with E-state index in [0.717, 1.165) is 38.6 Å². The topological polar surface area (TPSA) is 46.3 Å². The predicted molar refractivity (Wildman–Crippen MR) is 84.6 cm³/mol. The number of nitrogens with two attached hydrogens (primary N) is 1. The van der Waals surface area contributed by atoms with Crippen LogP contribution < -0.4 is 5.73 Å². The van der Waals surface area contributed by atoms with Gasteiger partial charge in [0.2, 0.25) is 5.91 Å². The zero-order valence-electron chi connectivity index (χ0n) is 12.9. The van der Waals surface area contributed by atoms with E-state index in [-0.39, 0.29) is 5.92 Å². The molecule has 3 nitrogen and oxygen atoms in total. The van der Waals surface area contributed by atoms with E-state index in [1.807, 2.05) is 0 Å². The molecule has 2 N–H and O–H groups in total. The second kappa shape index (κ2) is 6.18. The molecule has 2 saturated carbocycles. The maximum Gasteiger partial charge on any atom is 0.226 e. The second-order valence-corrected chi connectivity index (χ2v) is 6.72. The molecule has 1 aromatic carbocycles. The highest BCUT2D eigenvalue weighted by atomic mass is 16.2. The minimum atomic E-state index is 0.167. The quantitative estimate of drug-likeness (QED) is 0.904. The number of amides is 1. The van der Waals surface area contributed by atoms with Crippen molar-refractivity contribution in [3.63, 3.8) is 0 Å². The molecule has 2 atom stereocenters. The van der Waals surface area contributed by atoms with Crippen LogP contribution in [0, 0.1) is 18.8 Å². The van der Waals surface area contributed by atoms with Gasteiger partial charge in [-0.15, -0.1) is 0 Å². The summed E-state index contributed by atoms with van der Waals surface area (Å²) in [6, 6.07) is 8.98. The summed E-state index contributed by atoms with van der Waals surface area (Å²) in [5, 5.41) is 0. The van der Waals surface area contributed by atoms with E-state index in [2.05, 4.69) is 36.1 Å². The Morgan fingerprint density at radius 1 is 1.29 bits per heavy atom. The normalized spacial score (nSPS) is 25.0. The summed E-state index contributed by atoms with van der Waals surface area (Å²) in [5.74, 6) is 0.920. The van der Waals surface area contributed by atoms with E-state index in [4.69, 9.17) is 5.73 Å². The molecule has 3 rings (SSSR count). The first-order chi connectivity index (χ1) is 10.2. The van der Waals surface area contributed by atoms with Gasteiger partial charge in [-0.2, -0.15) is 0 Å². The van der Waals surface area contributed by atoms with Gasteiger partial charge in [-0.1, -0.05) is 36.2 Å². The molecular weight excluding hydrogens is 260 g/mol. The van der Waals surface area contributed by atoms with Crippen LogP contribution in [-0.4, -0.2) is 23.4 Å². The molecule has 2 unspecified atom stereocenters. The smallest absolute Gasteiger partial charge is 0.226 e. The number of benzene rings is 1. The number of hydrogen-bond acceptors (Lipinski definition) is 2. The number of rotatable bonds is 5. The zero-order valence-corrected chi connectivity index (χ0v) is 12.9.